The summed E-state index contributed by atoms with van der Waals surface area (Å²) in [5.74, 6) is 6.50. The number of nitrogens with one attached hydrogen (secondary N) is 1. The molecule has 1 unspecified atom stereocenters. The average Bonchev–Trinajstić information content (AvgIpc) is 2.97. The number of hydrogen-bond donors (Lipinski definition) is 2. The van der Waals surface area contributed by atoms with E-state index in [2.05, 4.69) is 22.5 Å². The van der Waals surface area contributed by atoms with Gasteiger partial charge in [-0.1, -0.05) is 12.1 Å². The van der Waals surface area contributed by atoms with Gasteiger partial charge in [0.25, 0.3) is 0 Å². The van der Waals surface area contributed by atoms with Crippen LogP contribution in [0.2, 0.25) is 0 Å². The lowest BCUT2D eigenvalue weighted by atomic mass is 10.0. The van der Waals surface area contributed by atoms with E-state index in [9.17, 15) is 0 Å². The highest BCUT2D eigenvalue weighted by atomic mass is 32.1. The van der Waals surface area contributed by atoms with E-state index < -0.39 is 0 Å². The summed E-state index contributed by atoms with van der Waals surface area (Å²) in [6.45, 7) is 0. The van der Waals surface area contributed by atoms with Crippen molar-refractivity contribution in [3.8, 4) is 5.75 Å². The second-order valence-corrected chi connectivity index (χ2v) is 5.39. The van der Waals surface area contributed by atoms with Crippen molar-refractivity contribution in [1.82, 2.24) is 10.4 Å². The number of hydrazine groups is 1. The van der Waals surface area contributed by atoms with E-state index >= 15 is 0 Å². The molecule has 0 aliphatic carbocycles. The number of benzene rings is 1. The Morgan fingerprint density at radius 3 is 2.74 bits per heavy atom. The molecule has 1 heterocycles. The Morgan fingerprint density at radius 2 is 2.16 bits per heavy atom. The fourth-order valence-electron chi connectivity index (χ4n) is 1.96. The molecule has 0 aliphatic heterocycles. The minimum absolute atomic E-state index is 0.280. The molecular weight excluding hydrogens is 258 g/mol. The predicted octanol–water partition coefficient (Wildman–Crippen LogP) is 2.16. The van der Waals surface area contributed by atoms with Gasteiger partial charge in [-0.05, 0) is 30.5 Å². The van der Waals surface area contributed by atoms with Gasteiger partial charge in [0.1, 0.15) is 5.75 Å². The van der Waals surface area contributed by atoms with Gasteiger partial charge in [-0.25, -0.2) is 0 Å². The maximum atomic E-state index is 5.61. The van der Waals surface area contributed by atoms with Gasteiger partial charge < -0.3 is 4.74 Å². The SMILES string of the molecule is COc1ccc(CCC(Cc2cncs2)NN)cc1. The van der Waals surface area contributed by atoms with E-state index in [0.29, 0.717) is 0 Å². The molecule has 1 aromatic heterocycles. The fraction of sp³-hybridized carbons (Fsp3) is 0.357. The zero-order chi connectivity index (χ0) is 13.5. The van der Waals surface area contributed by atoms with Crippen LogP contribution in [0.15, 0.2) is 36.0 Å². The lowest BCUT2D eigenvalue weighted by Gasteiger charge is -2.14. The molecule has 3 N–H and O–H groups in total. The van der Waals surface area contributed by atoms with Crippen molar-refractivity contribution in [2.75, 3.05) is 7.11 Å². The van der Waals surface area contributed by atoms with Crippen molar-refractivity contribution in [3.63, 3.8) is 0 Å². The molecule has 5 heteroatoms. The molecule has 0 bridgehead atoms. The van der Waals surface area contributed by atoms with Crippen LogP contribution in [0.5, 0.6) is 5.75 Å². The summed E-state index contributed by atoms with van der Waals surface area (Å²) in [6, 6.07) is 8.45. The van der Waals surface area contributed by atoms with Crippen molar-refractivity contribution in [2.24, 2.45) is 5.84 Å². The molecule has 0 saturated heterocycles. The number of methoxy groups -OCH3 is 1. The van der Waals surface area contributed by atoms with Crippen LogP contribution in [-0.2, 0) is 12.8 Å². The van der Waals surface area contributed by atoms with Gasteiger partial charge in [-0.15, -0.1) is 11.3 Å². The summed E-state index contributed by atoms with van der Waals surface area (Å²) in [5, 5.41) is 0. The fourth-order valence-corrected chi connectivity index (χ4v) is 2.64. The number of ether oxygens (including phenoxy) is 1. The first-order chi connectivity index (χ1) is 9.31. The van der Waals surface area contributed by atoms with E-state index in [1.807, 2.05) is 23.8 Å². The first kappa shape index (κ1) is 14.0. The molecule has 4 nitrogen and oxygen atoms in total. The van der Waals surface area contributed by atoms with Crippen molar-refractivity contribution in [3.05, 3.63) is 46.4 Å². The summed E-state index contributed by atoms with van der Waals surface area (Å²) in [5.41, 5.74) is 6.04. The van der Waals surface area contributed by atoms with Gasteiger partial charge in [-0.3, -0.25) is 16.3 Å². The highest BCUT2D eigenvalue weighted by molar-refractivity contribution is 7.09. The lowest BCUT2D eigenvalue weighted by Crippen LogP contribution is -2.36. The number of hydrogen-bond acceptors (Lipinski definition) is 5. The third kappa shape index (κ3) is 4.31. The Balaban J connectivity index is 1.84. The number of aromatic nitrogens is 1. The lowest BCUT2D eigenvalue weighted by molar-refractivity contribution is 0.414. The second-order valence-electron chi connectivity index (χ2n) is 4.42. The zero-order valence-electron chi connectivity index (χ0n) is 11.0. The molecular formula is C14H19N3OS. The number of nitrogens with zero attached hydrogens (tertiary/aromatic N) is 1. The zero-order valence-corrected chi connectivity index (χ0v) is 11.8. The third-order valence-corrected chi connectivity index (χ3v) is 3.91. The molecule has 0 fully saturated rings. The molecule has 1 aromatic carbocycles. The van der Waals surface area contributed by atoms with Crippen LogP contribution in [0.3, 0.4) is 0 Å². The Kier molecular flexibility index (Phi) is 5.32. The molecule has 19 heavy (non-hydrogen) atoms. The van der Waals surface area contributed by atoms with E-state index in [1.165, 1.54) is 10.4 Å². The minimum Gasteiger partial charge on any atom is -0.497 e. The molecule has 1 atom stereocenters. The molecule has 0 saturated carbocycles. The minimum atomic E-state index is 0.280. The molecule has 2 rings (SSSR count). The third-order valence-electron chi connectivity index (χ3n) is 3.11. The van der Waals surface area contributed by atoms with E-state index in [1.54, 1.807) is 18.4 Å². The van der Waals surface area contributed by atoms with Gasteiger partial charge in [0.15, 0.2) is 0 Å². The molecule has 102 valence electrons. The summed E-state index contributed by atoms with van der Waals surface area (Å²) >= 11 is 1.67. The van der Waals surface area contributed by atoms with Crippen molar-refractivity contribution in [1.29, 1.82) is 0 Å². The van der Waals surface area contributed by atoms with Gasteiger partial charge in [-0.2, -0.15) is 0 Å². The smallest absolute Gasteiger partial charge is 0.118 e. The topological polar surface area (TPSA) is 60.2 Å². The Labute approximate surface area is 117 Å². The Morgan fingerprint density at radius 1 is 1.37 bits per heavy atom. The summed E-state index contributed by atoms with van der Waals surface area (Å²) in [7, 11) is 1.68. The predicted molar refractivity (Wildman–Crippen MR) is 78.2 cm³/mol. The number of thiazole rings is 1. The van der Waals surface area contributed by atoms with E-state index in [4.69, 9.17) is 10.6 Å². The summed E-state index contributed by atoms with van der Waals surface area (Å²) in [6.07, 6.45) is 4.83. The van der Waals surface area contributed by atoms with Crippen LogP contribution < -0.4 is 16.0 Å². The number of rotatable bonds is 7. The maximum Gasteiger partial charge on any atom is 0.118 e. The summed E-state index contributed by atoms with van der Waals surface area (Å²) in [4.78, 5) is 5.34. The van der Waals surface area contributed by atoms with Crippen LogP contribution >= 0.6 is 11.3 Å². The van der Waals surface area contributed by atoms with Crippen LogP contribution in [0.25, 0.3) is 0 Å². The van der Waals surface area contributed by atoms with Gasteiger partial charge >= 0.3 is 0 Å². The molecule has 2 aromatic rings. The quantitative estimate of drug-likeness (QED) is 0.601. The standard InChI is InChI=1S/C14H19N3OS/c1-18-13-6-3-11(4-7-13)2-5-12(17-15)8-14-9-16-10-19-14/h3-4,6-7,9-10,12,17H,2,5,8,15H2,1H3. The molecule has 0 radical (unpaired) electrons. The van der Waals surface area contributed by atoms with Gasteiger partial charge in [0.2, 0.25) is 0 Å². The van der Waals surface area contributed by atoms with Crippen LogP contribution in [-0.4, -0.2) is 18.1 Å². The largest absolute Gasteiger partial charge is 0.497 e. The second kappa shape index (κ2) is 7.23. The van der Waals surface area contributed by atoms with Crippen LogP contribution in [0.4, 0.5) is 0 Å². The highest BCUT2D eigenvalue weighted by Gasteiger charge is 2.09. The maximum absolute atomic E-state index is 5.61. The van der Waals surface area contributed by atoms with Crippen LogP contribution in [0.1, 0.15) is 16.9 Å². The molecule has 0 aliphatic rings. The Bertz CT molecular complexity index is 470. The number of aryl methyl sites for hydroxylation is 1. The van der Waals surface area contributed by atoms with Crippen LogP contribution in [0, 0.1) is 0 Å². The molecule has 0 spiro atoms. The first-order valence-corrected chi connectivity index (χ1v) is 7.16. The van der Waals surface area contributed by atoms with Crippen molar-refractivity contribution < 1.29 is 4.74 Å². The van der Waals surface area contributed by atoms with Gasteiger partial charge in [0, 0.05) is 23.5 Å². The van der Waals surface area contributed by atoms with Crippen molar-refractivity contribution in [2.45, 2.75) is 25.3 Å². The highest BCUT2D eigenvalue weighted by Crippen LogP contribution is 2.15. The van der Waals surface area contributed by atoms with E-state index in [0.717, 1.165) is 25.0 Å². The average molecular weight is 277 g/mol. The molecule has 0 amide bonds. The summed E-state index contributed by atoms with van der Waals surface area (Å²) < 4.78 is 5.15. The monoisotopic (exact) mass is 277 g/mol. The number of nitrogens with two attached hydrogens (primary N) is 1. The Hall–Kier alpha value is -1.43. The van der Waals surface area contributed by atoms with Gasteiger partial charge in [0.05, 0.1) is 12.6 Å². The van der Waals surface area contributed by atoms with Crippen molar-refractivity contribution >= 4 is 11.3 Å². The van der Waals surface area contributed by atoms with E-state index in [-0.39, 0.29) is 6.04 Å². The normalized spacial score (nSPS) is 12.3. The first-order valence-electron chi connectivity index (χ1n) is 6.28.